The SMILES string of the molecule is OC1CCCC12CCCN2. The molecule has 1 aliphatic carbocycles. The average Bonchev–Trinajstić information content (AvgIpc) is 2.48. The number of rotatable bonds is 0. The van der Waals surface area contributed by atoms with E-state index in [1.54, 1.807) is 0 Å². The predicted molar refractivity (Wildman–Crippen MR) is 39.8 cm³/mol. The molecule has 1 spiro atoms. The summed E-state index contributed by atoms with van der Waals surface area (Å²) < 4.78 is 0. The zero-order chi connectivity index (χ0) is 7.03. The van der Waals surface area contributed by atoms with Crippen LogP contribution < -0.4 is 5.32 Å². The average molecular weight is 141 g/mol. The molecule has 0 aromatic carbocycles. The first-order chi connectivity index (χ1) is 4.83. The Morgan fingerprint density at radius 3 is 2.60 bits per heavy atom. The second-order valence-corrected chi connectivity index (χ2v) is 3.59. The van der Waals surface area contributed by atoms with E-state index in [0.717, 1.165) is 13.0 Å². The Balaban J connectivity index is 2.11. The minimum absolute atomic E-state index is 0.0602. The molecule has 0 bridgehead atoms. The van der Waals surface area contributed by atoms with Crippen molar-refractivity contribution in [1.82, 2.24) is 5.32 Å². The normalized spacial score (nSPS) is 47.1. The van der Waals surface area contributed by atoms with Gasteiger partial charge in [0.15, 0.2) is 0 Å². The molecule has 2 unspecified atom stereocenters. The summed E-state index contributed by atoms with van der Waals surface area (Å²) in [5, 5.41) is 13.0. The maximum atomic E-state index is 9.62. The fourth-order valence-corrected chi connectivity index (χ4v) is 2.38. The molecule has 1 saturated heterocycles. The summed E-state index contributed by atoms with van der Waals surface area (Å²) in [6.07, 6.45) is 5.77. The molecule has 2 heteroatoms. The molecule has 0 aromatic heterocycles. The smallest absolute Gasteiger partial charge is 0.0721 e. The zero-order valence-corrected chi connectivity index (χ0v) is 6.27. The van der Waals surface area contributed by atoms with E-state index in [9.17, 15) is 5.11 Å². The Kier molecular flexibility index (Phi) is 1.46. The molecule has 0 aromatic rings. The Morgan fingerprint density at radius 2 is 2.10 bits per heavy atom. The van der Waals surface area contributed by atoms with Crippen molar-refractivity contribution in [3.63, 3.8) is 0 Å². The van der Waals surface area contributed by atoms with Crippen molar-refractivity contribution >= 4 is 0 Å². The van der Waals surface area contributed by atoms with Crippen LogP contribution in [0.25, 0.3) is 0 Å². The van der Waals surface area contributed by atoms with Crippen molar-refractivity contribution in [1.29, 1.82) is 0 Å². The third-order valence-electron chi connectivity index (χ3n) is 3.02. The fraction of sp³-hybridized carbons (Fsp3) is 1.00. The van der Waals surface area contributed by atoms with Gasteiger partial charge in [-0.3, -0.25) is 0 Å². The van der Waals surface area contributed by atoms with Crippen molar-refractivity contribution in [2.45, 2.75) is 43.7 Å². The van der Waals surface area contributed by atoms with Gasteiger partial charge in [-0.05, 0) is 38.6 Å². The van der Waals surface area contributed by atoms with Gasteiger partial charge in [0.05, 0.1) is 6.10 Å². The molecular weight excluding hydrogens is 126 g/mol. The van der Waals surface area contributed by atoms with E-state index in [2.05, 4.69) is 5.32 Å². The van der Waals surface area contributed by atoms with Gasteiger partial charge >= 0.3 is 0 Å². The molecule has 1 saturated carbocycles. The molecule has 58 valence electrons. The summed E-state index contributed by atoms with van der Waals surface area (Å²) in [7, 11) is 0. The van der Waals surface area contributed by atoms with E-state index in [1.807, 2.05) is 0 Å². The van der Waals surface area contributed by atoms with Crippen molar-refractivity contribution in [2.24, 2.45) is 0 Å². The highest BCUT2D eigenvalue weighted by molar-refractivity contribution is 5.02. The van der Waals surface area contributed by atoms with E-state index >= 15 is 0 Å². The highest BCUT2D eigenvalue weighted by atomic mass is 16.3. The third-order valence-corrected chi connectivity index (χ3v) is 3.02. The monoisotopic (exact) mass is 141 g/mol. The molecule has 2 atom stereocenters. The van der Waals surface area contributed by atoms with Crippen molar-refractivity contribution in [3.8, 4) is 0 Å². The van der Waals surface area contributed by atoms with Gasteiger partial charge in [-0.2, -0.15) is 0 Å². The van der Waals surface area contributed by atoms with Gasteiger partial charge in [0.1, 0.15) is 0 Å². The minimum Gasteiger partial charge on any atom is -0.391 e. The second kappa shape index (κ2) is 2.21. The first-order valence-corrected chi connectivity index (χ1v) is 4.27. The number of aliphatic hydroxyl groups is 1. The van der Waals surface area contributed by atoms with Crippen molar-refractivity contribution < 1.29 is 5.11 Å². The Hall–Kier alpha value is -0.0800. The molecule has 2 nitrogen and oxygen atoms in total. The fourth-order valence-electron chi connectivity index (χ4n) is 2.38. The predicted octanol–water partition coefficient (Wildman–Crippen LogP) is 0.653. The Morgan fingerprint density at radius 1 is 1.30 bits per heavy atom. The molecule has 2 aliphatic rings. The lowest BCUT2D eigenvalue weighted by Gasteiger charge is -2.27. The van der Waals surface area contributed by atoms with Gasteiger partial charge < -0.3 is 10.4 Å². The van der Waals surface area contributed by atoms with Crippen LogP contribution in [0.3, 0.4) is 0 Å². The molecule has 2 rings (SSSR count). The largest absolute Gasteiger partial charge is 0.391 e. The first kappa shape index (κ1) is 6.62. The third kappa shape index (κ3) is 0.789. The molecule has 2 fully saturated rings. The van der Waals surface area contributed by atoms with E-state index in [-0.39, 0.29) is 11.6 Å². The Labute approximate surface area is 61.6 Å². The summed E-state index contributed by atoms with van der Waals surface area (Å²) in [5.74, 6) is 0. The lowest BCUT2D eigenvalue weighted by atomic mass is 9.94. The summed E-state index contributed by atoms with van der Waals surface area (Å²) in [6, 6.07) is 0. The van der Waals surface area contributed by atoms with Crippen LogP contribution in [0.1, 0.15) is 32.1 Å². The lowest BCUT2D eigenvalue weighted by molar-refractivity contribution is 0.0976. The highest BCUT2D eigenvalue weighted by Crippen LogP contribution is 2.36. The number of aliphatic hydroxyl groups excluding tert-OH is 1. The summed E-state index contributed by atoms with van der Waals surface area (Å²) in [6.45, 7) is 1.11. The first-order valence-electron chi connectivity index (χ1n) is 4.27. The van der Waals surface area contributed by atoms with Gasteiger partial charge in [0.2, 0.25) is 0 Å². The quantitative estimate of drug-likeness (QED) is 0.519. The van der Waals surface area contributed by atoms with E-state index in [1.165, 1.54) is 25.7 Å². The van der Waals surface area contributed by atoms with Crippen LogP contribution in [0.2, 0.25) is 0 Å². The molecule has 2 N–H and O–H groups in total. The van der Waals surface area contributed by atoms with Gasteiger partial charge in [0, 0.05) is 5.54 Å². The van der Waals surface area contributed by atoms with Crippen LogP contribution in [0, 0.1) is 0 Å². The van der Waals surface area contributed by atoms with E-state index < -0.39 is 0 Å². The standard InChI is InChI=1S/C8H15NO/c10-7-3-1-4-8(7)5-2-6-9-8/h7,9-10H,1-6H2. The van der Waals surface area contributed by atoms with Gasteiger partial charge in [-0.15, -0.1) is 0 Å². The van der Waals surface area contributed by atoms with Crippen molar-refractivity contribution in [2.75, 3.05) is 6.54 Å². The summed E-state index contributed by atoms with van der Waals surface area (Å²) >= 11 is 0. The maximum absolute atomic E-state index is 9.62. The van der Waals surface area contributed by atoms with Crippen LogP contribution in [0.5, 0.6) is 0 Å². The van der Waals surface area contributed by atoms with Crippen LogP contribution >= 0.6 is 0 Å². The minimum atomic E-state index is -0.0602. The van der Waals surface area contributed by atoms with E-state index in [0.29, 0.717) is 0 Å². The topological polar surface area (TPSA) is 32.3 Å². The molecule has 10 heavy (non-hydrogen) atoms. The van der Waals surface area contributed by atoms with Crippen LogP contribution in [0.4, 0.5) is 0 Å². The van der Waals surface area contributed by atoms with Gasteiger partial charge in [-0.25, -0.2) is 0 Å². The van der Waals surface area contributed by atoms with E-state index in [4.69, 9.17) is 0 Å². The van der Waals surface area contributed by atoms with Gasteiger partial charge in [-0.1, -0.05) is 0 Å². The summed E-state index contributed by atoms with van der Waals surface area (Å²) in [5.41, 5.74) is 0.153. The van der Waals surface area contributed by atoms with Crippen molar-refractivity contribution in [3.05, 3.63) is 0 Å². The van der Waals surface area contributed by atoms with Gasteiger partial charge in [0.25, 0.3) is 0 Å². The highest BCUT2D eigenvalue weighted by Gasteiger charge is 2.43. The van der Waals surface area contributed by atoms with Crippen LogP contribution in [-0.2, 0) is 0 Å². The maximum Gasteiger partial charge on any atom is 0.0721 e. The molecule has 1 aliphatic heterocycles. The molecule has 0 radical (unpaired) electrons. The van der Waals surface area contributed by atoms with Crippen LogP contribution in [-0.4, -0.2) is 23.3 Å². The number of hydrogen-bond donors (Lipinski definition) is 2. The zero-order valence-electron chi connectivity index (χ0n) is 6.27. The second-order valence-electron chi connectivity index (χ2n) is 3.59. The number of nitrogens with one attached hydrogen (secondary N) is 1. The number of hydrogen-bond acceptors (Lipinski definition) is 2. The summed E-state index contributed by atoms with van der Waals surface area (Å²) in [4.78, 5) is 0. The Bertz CT molecular complexity index is 124. The van der Waals surface area contributed by atoms with Crippen LogP contribution in [0.15, 0.2) is 0 Å². The molecule has 1 heterocycles. The molecular formula is C8H15NO. The molecule has 0 amide bonds. The lowest BCUT2D eigenvalue weighted by Crippen LogP contribution is -2.46.